The number of fused-ring (bicyclic) bond motifs is 1. The molecule has 0 spiro atoms. The van der Waals surface area contributed by atoms with Gasteiger partial charge in [0, 0.05) is 11.0 Å². The number of thioether (sulfide) groups is 1. The van der Waals surface area contributed by atoms with Crippen LogP contribution in [-0.4, -0.2) is 28.3 Å². The van der Waals surface area contributed by atoms with Crippen LogP contribution in [0.2, 0.25) is 10.0 Å². The number of rotatable bonds is 7. The number of carbonyl (C=O) groups is 2. The Balaban J connectivity index is 1.98. The maximum atomic E-state index is 13.1. The summed E-state index contributed by atoms with van der Waals surface area (Å²) in [6.07, 6.45) is 0.660. The molecule has 2 aromatic rings. The smallest absolute Gasteiger partial charge is 0.305 e. The quantitative estimate of drug-likeness (QED) is 0.586. The number of carbonyl (C=O) groups excluding carboxylic acids is 1. The number of aliphatic carboxylic acids is 1. The first-order chi connectivity index (χ1) is 13.8. The molecule has 1 aliphatic heterocycles. The molecule has 2 aromatic carbocycles. The van der Waals surface area contributed by atoms with E-state index in [2.05, 4.69) is 0 Å². The van der Waals surface area contributed by atoms with Gasteiger partial charge in [0.2, 0.25) is 5.91 Å². The van der Waals surface area contributed by atoms with Crippen LogP contribution in [0.25, 0.3) is 0 Å². The molecule has 0 saturated heterocycles. The SMILES string of the molecule is CCC(C)Oc1ccc2c(c1)N(Cc1ccc(Cl)c(Cl)c1)C(=O)C(CC(=O)O)S2. The van der Waals surface area contributed by atoms with Gasteiger partial charge in [-0.3, -0.25) is 9.59 Å². The maximum Gasteiger partial charge on any atom is 0.305 e. The molecule has 154 valence electrons. The lowest BCUT2D eigenvalue weighted by atomic mass is 10.1. The molecule has 1 heterocycles. The number of hydrogen-bond acceptors (Lipinski definition) is 4. The molecule has 5 nitrogen and oxygen atoms in total. The Morgan fingerprint density at radius 1 is 1.24 bits per heavy atom. The highest BCUT2D eigenvalue weighted by Gasteiger charge is 2.35. The van der Waals surface area contributed by atoms with E-state index in [0.29, 0.717) is 21.5 Å². The van der Waals surface area contributed by atoms with E-state index in [1.54, 1.807) is 23.1 Å². The second-order valence-corrected chi connectivity index (χ2v) is 8.90. The van der Waals surface area contributed by atoms with Crippen LogP contribution in [0, 0.1) is 0 Å². The lowest BCUT2D eigenvalue weighted by Crippen LogP contribution is -2.41. The zero-order chi connectivity index (χ0) is 21.1. The van der Waals surface area contributed by atoms with E-state index >= 15 is 0 Å². The lowest BCUT2D eigenvalue weighted by Gasteiger charge is -2.34. The Kier molecular flexibility index (Phi) is 6.98. The average molecular weight is 454 g/mol. The summed E-state index contributed by atoms with van der Waals surface area (Å²) in [4.78, 5) is 26.8. The Labute approximate surface area is 183 Å². The van der Waals surface area contributed by atoms with E-state index in [1.807, 2.05) is 32.0 Å². The van der Waals surface area contributed by atoms with Crippen LogP contribution in [0.15, 0.2) is 41.3 Å². The van der Waals surface area contributed by atoms with Crippen LogP contribution >= 0.6 is 35.0 Å². The van der Waals surface area contributed by atoms with Crippen molar-refractivity contribution in [3.8, 4) is 5.75 Å². The van der Waals surface area contributed by atoms with E-state index in [4.69, 9.17) is 27.9 Å². The van der Waals surface area contributed by atoms with Crippen LogP contribution in [-0.2, 0) is 16.1 Å². The van der Waals surface area contributed by atoms with Gasteiger partial charge in [0.05, 0.1) is 40.1 Å². The summed E-state index contributed by atoms with van der Waals surface area (Å²) in [7, 11) is 0. The highest BCUT2D eigenvalue weighted by atomic mass is 35.5. The summed E-state index contributed by atoms with van der Waals surface area (Å²) >= 11 is 13.4. The predicted octanol–water partition coefficient (Wildman–Crippen LogP) is 5.65. The number of hydrogen-bond donors (Lipinski definition) is 1. The summed E-state index contributed by atoms with van der Waals surface area (Å²) < 4.78 is 5.91. The summed E-state index contributed by atoms with van der Waals surface area (Å²) in [5, 5.41) is 9.35. The molecule has 8 heteroatoms. The first kappa shape index (κ1) is 21.8. The third-order valence-electron chi connectivity index (χ3n) is 4.63. The predicted molar refractivity (Wildman–Crippen MR) is 116 cm³/mol. The fourth-order valence-electron chi connectivity index (χ4n) is 2.96. The fraction of sp³-hybridized carbons (Fsp3) is 0.333. The van der Waals surface area contributed by atoms with Gasteiger partial charge in [0.25, 0.3) is 0 Å². The summed E-state index contributed by atoms with van der Waals surface area (Å²) in [5.74, 6) is -0.593. The monoisotopic (exact) mass is 453 g/mol. The van der Waals surface area contributed by atoms with E-state index in [0.717, 1.165) is 16.9 Å². The number of nitrogens with zero attached hydrogens (tertiary/aromatic N) is 1. The highest BCUT2D eigenvalue weighted by molar-refractivity contribution is 8.01. The molecule has 1 N–H and O–H groups in total. The molecule has 0 saturated carbocycles. The third-order valence-corrected chi connectivity index (χ3v) is 6.62. The van der Waals surface area contributed by atoms with Crippen molar-refractivity contribution in [2.45, 2.75) is 49.5 Å². The van der Waals surface area contributed by atoms with Gasteiger partial charge in [0.15, 0.2) is 0 Å². The molecule has 1 amide bonds. The van der Waals surface area contributed by atoms with Gasteiger partial charge in [-0.2, -0.15) is 0 Å². The Hall–Kier alpha value is -1.89. The van der Waals surface area contributed by atoms with Gasteiger partial charge in [-0.05, 0) is 43.2 Å². The van der Waals surface area contributed by atoms with Gasteiger partial charge in [-0.1, -0.05) is 36.2 Å². The topological polar surface area (TPSA) is 66.8 Å². The number of anilines is 1. The largest absolute Gasteiger partial charge is 0.491 e. The lowest BCUT2D eigenvalue weighted by molar-refractivity contribution is -0.138. The second kappa shape index (κ2) is 9.28. The molecule has 0 fully saturated rings. The van der Waals surface area contributed by atoms with Crippen molar-refractivity contribution in [3.63, 3.8) is 0 Å². The molecule has 29 heavy (non-hydrogen) atoms. The summed E-state index contributed by atoms with van der Waals surface area (Å²) in [5.41, 5.74) is 1.50. The van der Waals surface area contributed by atoms with E-state index < -0.39 is 11.2 Å². The summed E-state index contributed by atoms with van der Waals surface area (Å²) in [6.45, 7) is 4.28. The van der Waals surface area contributed by atoms with Gasteiger partial charge >= 0.3 is 5.97 Å². The van der Waals surface area contributed by atoms with Crippen LogP contribution in [0.3, 0.4) is 0 Å². The number of amides is 1. The molecule has 0 bridgehead atoms. The first-order valence-electron chi connectivity index (χ1n) is 9.23. The highest BCUT2D eigenvalue weighted by Crippen LogP contribution is 2.43. The zero-order valence-electron chi connectivity index (χ0n) is 16.0. The molecule has 1 aliphatic rings. The molecular formula is C21H21Cl2NO4S. The van der Waals surface area contributed by atoms with Crippen molar-refractivity contribution in [2.75, 3.05) is 4.90 Å². The van der Waals surface area contributed by atoms with Gasteiger partial charge < -0.3 is 14.7 Å². The molecule has 0 radical (unpaired) electrons. The molecule has 3 rings (SSSR count). The number of carboxylic acids is 1. The molecule has 0 aliphatic carbocycles. The van der Waals surface area contributed by atoms with Crippen molar-refractivity contribution in [1.29, 1.82) is 0 Å². The third kappa shape index (κ3) is 5.18. The number of carboxylic acid groups (broad SMARTS) is 1. The Bertz CT molecular complexity index is 937. The first-order valence-corrected chi connectivity index (χ1v) is 10.9. The molecule has 2 atom stereocenters. The summed E-state index contributed by atoms with van der Waals surface area (Å²) in [6, 6.07) is 10.8. The van der Waals surface area contributed by atoms with Crippen molar-refractivity contribution < 1.29 is 19.4 Å². The van der Waals surface area contributed by atoms with Crippen LogP contribution < -0.4 is 9.64 Å². The van der Waals surface area contributed by atoms with Crippen molar-refractivity contribution in [3.05, 3.63) is 52.0 Å². The van der Waals surface area contributed by atoms with Crippen molar-refractivity contribution >= 4 is 52.5 Å². The number of ether oxygens (including phenoxy) is 1. The van der Waals surface area contributed by atoms with Crippen LogP contribution in [0.4, 0.5) is 5.69 Å². The minimum atomic E-state index is -1.01. The maximum absolute atomic E-state index is 13.1. The van der Waals surface area contributed by atoms with Crippen LogP contribution in [0.5, 0.6) is 5.75 Å². The molecule has 2 unspecified atom stereocenters. The standard InChI is InChI=1S/C21H21Cl2NO4S/c1-3-12(2)28-14-5-7-18-17(9-14)24(21(27)19(29-18)10-20(25)26)11-13-4-6-15(22)16(23)8-13/h4-9,12,19H,3,10-11H2,1-2H3,(H,25,26). The average Bonchev–Trinajstić information content (AvgIpc) is 2.67. The molecular weight excluding hydrogens is 433 g/mol. The zero-order valence-corrected chi connectivity index (χ0v) is 18.4. The van der Waals surface area contributed by atoms with Gasteiger partial charge in [-0.25, -0.2) is 0 Å². The Morgan fingerprint density at radius 3 is 2.66 bits per heavy atom. The minimum Gasteiger partial charge on any atom is -0.491 e. The second-order valence-electron chi connectivity index (χ2n) is 6.84. The van der Waals surface area contributed by atoms with Gasteiger partial charge in [-0.15, -0.1) is 11.8 Å². The van der Waals surface area contributed by atoms with Crippen molar-refractivity contribution in [2.24, 2.45) is 0 Å². The van der Waals surface area contributed by atoms with Crippen LogP contribution in [0.1, 0.15) is 32.3 Å². The Morgan fingerprint density at radius 2 is 2.00 bits per heavy atom. The minimum absolute atomic E-state index is 0.0447. The fourth-order valence-corrected chi connectivity index (χ4v) is 4.48. The normalized spacial score (nSPS) is 17.0. The van der Waals surface area contributed by atoms with E-state index in [9.17, 15) is 14.7 Å². The number of benzene rings is 2. The number of halogens is 2. The van der Waals surface area contributed by atoms with Gasteiger partial charge in [0.1, 0.15) is 5.75 Å². The molecule has 0 aromatic heterocycles. The van der Waals surface area contributed by atoms with Crippen molar-refractivity contribution in [1.82, 2.24) is 0 Å². The van der Waals surface area contributed by atoms with E-state index in [1.165, 1.54) is 11.8 Å². The van der Waals surface area contributed by atoms with E-state index in [-0.39, 0.29) is 25.0 Å².